The number of carbonyl (C=O) groups is 1. The smallest absolute Gasteiger partial charge is 0.206 e. The molecule has 3 aromatic rings. The topological polar surface area (TPSA) is 53.4 Å². The molecule has 5 nitrogen and oxygen atoms in total. The molecule has 0 amide bonds. The molecule has 29 heavy (non-hydrogen) atoms. The van der Waals surface area contributed by atoms with Crippen molar-refractivity contribution in [3.8, 4) is 11.5 Å². The number of ketones is 1. The van der Waals surface area contributed by atoms with Crippen molar-refractivity contribution in [2.45, 2.75) is 20.1 Å². The highest BCUT2D eigenvalue weighted by atomic mass is 35.5. The van der Waals surface area contributed by atoms with Crippen molar-refractivity contribution in [3.05, 3.63) is 81.6 Å². The van der Waals surface area contributed by atoms with E-state index < -0.39 is 0 Å². The summed E-state index contributed by atoms with van der Waals surface area (Å²) in [6.07, 6.45) is 5.03. The van der Waals surface area contributed by atoms with Crippen LogP contribution >= 0.6 is 23.2 Å². The third-order valence-corrected chi connectivity index (χ3v) is 4.76. The van der Waals surface area contributed by atoms with Crippen molar-refractivity contribution in [2.24, 2.45) is 0 Å². The van der Waals surface area contributed by atoms with E-state index in [-0.39, 0.29) is 12.4 Å². The number of halogens is 2. The van der Waals surface area contributed by atoms with Gasteiger partial charge < -0.3 is 9.47 Å². The van der Waals surface area contributed by atoms with Crippen LogP contribution in [0.2, 0.25) is 10.0 Å². The lowest BCUT2D eigenvalue weighted by Gasteiger charge is -2.12. The maximum absolute atomic E-state index is 12.3. The van der Waals surface area contributed by atoms with Gasteiger partial charge >= 0.3 is 0 Å². The van der Waals surface area contributed by atoms with Crippen LogP contribution in [0, 0.1) is 0 Å². The van der Waals surface area contributed by atoms with E-state index in [0.717, 1.165) is 17.7 Å². The van der Waals surface area contributed by atoms with E-state index in [1.807, 2.05) is 25.1 Å². The number of hydrogen-bond donors (Lipinski definition) is 0. The summed E-state index contributed by atoms with van der Waals surface area (Å²) < 4.78 is 12.9. The lowest BCUT2D eigenvalue weighted by atomic mass is 10.1. The molecule has 7 heteroatoms. The van der Waals surface area contributed by atoms with Crippen molar-refractivity contribution < 1.29 is 14.3 Å². The number of aryl methyl sites for hydroxylation is 1. The van der Waals surface area contributed by atoms with Crippen molar-refractivity contribution in [1.29, 1.82) is 0 Å². The second-order valence-electron chi connectivity index (χ2n) is 6.19. The molecule has 0 bridgehead atoms. The van der Waals surface area contributed by atoms with Gasteiger partial charge in [0.1, 0.15) is 23.8 Å². The molecular formula is C22H20Cl2N2O3. The molecule has 0 fully saturated rings. The number of benzene rings is 2. The van der Waals surface area contributed by atoms with E-state index in [2.05, 4.69) is 5.10 Å². The van der Waals surface area contributed by atoms with Crippen LogP contribution in [0.5, 0.6) is 11.5 Å². The maximum Gasteiger partial charge on any atom is 0.206 e. The molecule has 0 aliphatic rings. The number of allylic oxidation sites excluding steroid dienone is 1. The van der Waals surface area contributed by atoms with Gasteiger partial charge in [0.05, 0.1) is 12.1 Å². The number of aromatic nitrogens is 2. The predicted octanol–water partition coefficient (Wildman–Crippen LogP) is 5.69. The van der Waals surface area contributed by atoms with E-state index in [1.54, 1.807) is 48.3 Å². The van der Waals surface area contributed by atoms with Crippen LogP contribution in [0.3, 0.4) is 0 Å². The molecule has 0 radical (unpaired) electrons. The van der Waals surface area contributed by atoms with Gasteiger partial charge in [-0.15, -0.1) is 0 Å². The highest BCUT2D eigenvalue weighted by molar-refractivity contribution is 6.35. The Bertz CT molecular complexity index is 1040. The van der Waals surface area contributed by atoms with Gasteiger partial charge in [-0.3, -0.25) is 9.48 Å². The molecular weight excluding hydrogens is 411 g/mol. The summed E-state index contributed by atoms with van der Waals surface area (Å²) in [6, 6.07) is 12.4. The Kier molecular flexibility index (Phi) is 6.96. The minimum Gasteiger partial charge on any atom is -0.496 e. The highest BCUT2D eigenvalue weighted by Gasteiger charge is 2.09. The molecule has 0 spiro atoms. The molecule has 0 unspecified atom stereocenters. The lowest BCUT2D eigenvalue weighted by molar-refractivity contribution is 0.104. The Morgan fingerprint density at radius 3 is 2.62 bits per heavy atom. The first-order valence-electron chi connectivity index (χ1n) is 9.00. The number of ether oxygens (including phenoxy) is 2. The molecule has 0 saturated heterocycles. The molecule has 0 aliphatic carbocycles. The SMILES string of the molecule is CCn1ccc(C(=O)/C=C/c2ccc(OC)c(COc3ccc(Cl)cc3Cl)c2)n1. The summed E-state index contributed by atoms with van der Waals surface area (Å²) in [5, 5.41) is 5.19. The number of methoxy groups -OCH3 is 1. The highest BCUT2D eigenvalue weighted by Crippen LogP contribution is 2.29. The number of hydrogen-bond acceptors (Lipinski definition) is 4. The molecule has 0 aliphatic heterocycles. The maximum atomic E-state index is 12.3. The van der Waals surface area contributed by atoms with Gasteiger partial charge in [0.25, 0.3) is 0 Å². The average Bonchev–Trinajstić information content (AvgIpc) is 3.21. The molecule has 0 saturated carbocycles. The van der Waals surface area contributed by atoms with E-state index >= 15 is 0 Å². The predicted molar refractivity (Wildman–Crippen MR) is 115 cm³/mol. The van der Waals surface area contributed by atoms with E-state index in [9.17, 15) is 4.79 Å². The van der Waals surface area contributed by atoms with E-state index in [1.165, 1.54) is 6.08 Å². The summed E-state index contributed by atoms with van der Waals surface area (Å²) in [5.74, 6) is 1.06. The van der Waals surface area contributed by atoms with Gasteiger partial charge in [0.15, 0.2) is 0 Å². The fourth-order valence-electron chi connectivity index (χ4n) is 2.69. The number of carbonyl (C=O) groups excluding carboxylic acids is 1. The van der Waals surface area contributed by atoms with Crippen LogP contribution in [0.4, 0.5) is 0 Å². The number of nitrogens with zero attached hydrogens (tertiary/aromatic N) is 2. The molecule has 3 rings (SSSR count). The van der Waals surface area contributed by atoms with Crippen LogP contribution in [-0.4, -0.2) is 22.7 Å². The molecule has 150 valence electrons. The Morgan fingerprint density at radius 1 is 1.14 bits per heavy atom. The largest absolute Gasteiger partial charge is 0.496 e. The first kappa shape index (κ1) is 21.0. The number of rotatable bonds is 8. The average molecular weight is 431 g/mol. The Labute approximate surface area is 179 Å². The first-order chi connectivity index (χ1) is 14.0. The zero-order valence-electron chi connectivity index (χ0n) is 16.1. The van der Waals surface area contributed by atoms with Crippen LogP contribution in [0.25, 0.3) is 6.08 Å². The van der Waals surface area contributed by atoms with Crippen LogP contribution in [0.15, 0.2) is 54.7 Å². The Hall–Kier alpha value is -2.76. The summed E-state index contributed by atoms with van der Waals surface area (Å²) in [4.78, 5) is 12.3. The zero-order chi connectivity index (χ0) is 20.8. The van der Waals surface area contributed by atoms with Crippen molar-refractivity contribution in [3.63, 3.8) is 0 Å². The van der Waals surface area contributed by atoms with Gasteiger partial charge in [-0.25, -0.2) is 0 Å². The fraction of sp³-hybridized carbons (Fsp3) is 0.182. The summed E-state index contributed by atoms with van der Waals surface area (Å²) in [5.41, 5.74) is 2.08. The molecule has 0 atom stereocenters. The minimum absolute atomic E-state index is 0.154. The second kappa shape index (κ2) is 9.63. The van der Waals surface area contributed by atoms with Gasteiger partial charge in [-0.05, 0) is 55.0 Å². The third kappa shape index (κ3) is 5.40. The van der Waals surface area contributed by atoms with Crippen LogP contribution < -0.4 is 9.47 Å². The van der Waals surface area contributed by atoms with Crippen LogP contribution in [0.1, 0.15) is 28.5 Å². The molecule has 1 heterocycles. The Morgan fingerprint density at radius 2 is 1.93 bits per heavy atom. The van der Waals surface area contributed by atoms with Crippen molar-refractivity contribution in [1.82, 2.24) is 9.78 Å². The van der Waals surface area contributed by atoms with Gasteiger partial charge in [0.2, 0.25) is 5.78 Å². The molecule has 0 N–H and O–H groups in total. The van der Waals surface area contributed by atoms with Gasteiger partial charge in [0, 0.05) is 23.3 Å². The second-order valence-corrected chi connectivity index (χ2v) is 7.03. The van der Waals surface area contributed by atoms with Crippen LogP contribution in [-0.2, 0) is 13.2 Å². The van der Waals surface area contributed by atoms with Gasteiger partial charge in [-0.1, -0.05) is 35.3 Å². The van der Waals surface area contributed by atoms with E-state index in [0.29, 0.717) is 27.2 Å². The first-order valence-corrected chi connectivity index (χ1v) is 9.76. The quantitative estimate of drug-likeness (QED) is 0.340. The third-order valence-electron chi connectivity index (χ3n) is 4.23. The summed E-state index contributed by atoms with van der Waals surface area (Å²) >= 11 is 12.1. The summed E-state index contributed by atoms with van der Waals surface area (Å²) in [7, 11) is 1.59. The van der Waals surface area contributed by atoms with Crippen molar-refractivity contribution >= 4 is 35.1 Å². The molecule has 2 aromatic carbocycles. The fourth-order valence-corrected chi connectivity index (χ4v) is 3.15. The molecule has 1 aromatic heterocycles. The lowest BCUT2D eigenvalue weighted by Crippen LogP contribution is -2.01. The standard InChI is InChI=1S/C22H20Cl2N2O3/c1-3-26-11-10-19(25-26)20(27)7-4-15-5-8-21(28-2)16(12-15)14-29-22-9-6-17(23)13-18(22)24/h4-13H,3,14H2,1-2H3/b7-4+. The minimum atomic E-state index is -0.154. The summed E-state index contributed by atoms with van der Waals surface area (Å²) in [6.45, 7) is 2.94. The zero-order valence-corrected chi connectivity index (χ0v) is 17.6. The normalized spacial score (nSPS) is 11.0. The Balaban J connectivity index is 1.74. The van der Waals surface area contributed by atoms with Crippen molar-refractivity contribution in [2.75, 3.05) is 7.11 Å². The van der Waals surface area contributed by atoms with Gasteiger partial charge in [-0.2, -0.15) is 5.10 Å². The monoisotopic (exact) mass is 430 g/mol. The van der Waals surface area contributed by atoms with E-state index in [4.69, 9.17) is 32.7 Å².